The van der Waals surface area contributed by atoms with Crippen LogP contribution < -0.4 is 0 Å². The van der Waals surface area contributed by atoms with Crippen LogP contribution in [0, 0.1) is 23.7 Å². The standard InChI is InChI=1S/C19H34O2/c20-18(15-8-2-1-3-9-15)13-19(21)17-12-6-10-14-7-4-5-11-16(14)17/h14-21H,1-13H2. The fraction of sp³-hybridized carbons (Fsp3) is 1.00. The lowest BCUT2D eigenvalue weighted by Gasteiger charge is -2.44. The number of aliphatic hydroxyl groups is 2. The van der Waals surface area contributed by atoms with Crippen molar-refractivity contribution in [1.82, 2.24) is 0 Å². The maximum atomic E-state index is 10.8. The van der Waals surface area contributed by atoms with Gasteiger partial charge in [0, 0.05) is 0 Å². The van der Waals surface area contributed by atoms with Gasteiger partial charge in [-0.15, -0.1) is 0 Å². The van der Waals surface area contributed by atoms with Crippen LogP contribution in [0.25, 0.3) is 0 Å². The number of rotatable bonds is 4. The van der Waals surface area contributed by atoms with Crippen molar-refractivity contribution in [3.05, 3.63) is 0 Å². The van der Waals surface area contributed by atoms with Crippen LogP contribution in [0.1, 0.15) is 83.5 Å². The molecule has 2 N–H and O–H groups in total. The van der Waals surface area contributed by atoms with Crippen LogP contribution in [0.3, 0.4) is 0 Å². The van der Waals surface area contributed by atoms with E-state index in [1.165, 1.54) is 77.0 Å². The van der Waals surface area contributed by atoms with Gasteiger partial charge in [0.15, 0.2) is 0 Å². The highest BCUT2D eigenvalue weighted by Crippen LogP contribution is 2.46. The van der Waals surface area contributed by atoms with Gasteiger partial charge < -0.3 is 10.2 Å². The molecule has 122 valence electrons. The summed E-state index contributed by atoms with van der Waals surface area (Å²) in [5.74, 6) is 2.56. The lowest BCUT2D eigenvalue weighted by Crippen LogP contribution is -2.40. The average molecular weight is 294 g/mol. The molecule has 0 aromatic heterocycles. The van der Waals surface area contributed by atoms with E-state index in [2.05, 4.69) is 0 Å². The molecule has 0 bridgehead atoms. The molecule has 0 spiro atoms. The van der Waals surface area contributed by atoms with Crippen molar-refractivity contribution in [3.63, 3.8) is 0 Å². The first-order chi connectivity index (χ1) is 10.3. The summed E-state index contributed by atoms with van der Waals surface area (Å²) < 4.78 is 0. The molecule has 0 aromatic carbocycles. The third-order valence-corrected chi connectivity index (χ3v) is 6.80. The zero-order valence-corrected chi connectivity index (χ0v) is 13.6. The molecule has 5 unspecified atom stereocenters. The first kappa shape index (κ1) is 15.8. The van der Waals surface area contributed by atoms with Crippen molar-refractivity contribution in [2.24, 2.45) is 23.7 Å². The Hall–Kier alpha value is -0.0800. The molecule has 21 heavy (non-hydrogen) atoms. The Kier molecular flexibility index (Phi) is 5.61. The van der Waals surface area contributed by atoms with E-state index in [0.29, 0.717) is 18.3 Å². The van der Waals surface area contributed by atoms with Gasteiger partial charge in [-0.25, -0.2) is 0 Å². The van der Waals surface area contributed by atoms with Gasteiger partial charge in [0.2, 0.25) is 0 Å². The fourth-order valence-corrected chi connectivity index (χ4v) is 5.60. The first-order valence-corrected chi connectivity index (χ1v) is 9.62. The van der Waals surface area contributed by atoms with E-state index in [4.69, 9.17) is 0 Å². The lowest BCUT2D eigenvalue weighted by atomic mass is 9.63. The SMILES string of the molecule is OC(CC(O)C1CCCC2CCCCC21)C1CCCCC1. The summed E-state index contributed by atoms with van der Waals surface area (Å²) in [5.41, 5.74) is 0. The molecule has 0 aliphatic heterocycles. The third-order valence-electron chi connectivity index (χ3n) is 6.80. The zero-order chi connectivity index (χ0) is 14.7. The molecule has 2 nitrogen and oxygen atoms in total. The second-order valence-electron chi connectivity index (χ2n) is 8.07. The predicted molar refractivity (Wildman–Crippen MR) is 86.0 cm³/mol. The van der Waals surface area contributed by atoms with Gasteiger partial charge in [-0.05, 0) is 55.8 Å². The quantitative estimate of drug-likeness (QED) is 0.812. The van der Waals surface area contributed by atoms with E-state index in [0.717, 1.165) is 11.8 Å². The smallest absolute Gasteiger partial charge is 0.0595 e. The fourth-order valence-electron chi connectivity index (χ4n) is 5.60. The Balaban J connectivity index is 1.54. The second kappa shape index (κ2) is 7.46. The molecular formula is C19H34O2. The van der Waals surface area contributed by atoms with Crippen LogP contribution in [-0.2, 0) is 0 Å². The molecule has 3 fully saturated rings. The van der Waals surface area contributed by atoms with Gasteiger partial charge in [-0.1, -0.05) is 51.4 Å². The maximum Gasteiger partial charge on any atom is 0.0595 e. The number of hydrogen-bond acceptors (Lipinski definition) is 2. The summed E-state index contributed by atoms with van der Waals surface area (Å²) in [5, 5.41) is 21.3. The number of aliphatic hydroxyl groups excluding tert-OH is 2. The van der Waals surface area contributed by atoms with Crippen molar-refractivity contribution < 1.29 is 10.2 Å². The summed E-state index contributed by atoms with van der Waals surface area (Å²) in [6, 6.07) is 0. The Labute approximate surface area is 130 Å². The molecule has 0 heterocycles. The normalized spacial score (nSPS) is 37.7. The van der Waals surface area contributed by atoms with Gasteiger partial charge in [0.25, 0.3) is 0 Å². The minimum absolute atomic E-state index is 0.257. The summed E-state index contributed by atoms with van der Waals surface area (Å²) in [7, 11) is 0. The Morgan fingerprint density at radius 2 is 1.33 bits per heavy atom. The first-order valence-electron chi connectivity index (χ1n) is 9.62. The van der Waals surface area contributed by atoms with Crippen molar-refractivity contribution in [2.75, 3.05) is 0 Å². The van der Waals surface area contributed by atoms with Crippen LogP contribution in [0.2, 0.25) is 0 Å². The van der Waals surface area contributed by atoms with Crippen LogP contribution in [0.5, 0.6) is 0 Å². The monoisotopic (exact) mass is 294 g/mol. The van der Waals surface area contributed by atoms with Gasteiger partial charge in [-0.2, -0.15) is 0 Å². The van der Waals surface area contributed by atoms with Crippen molar-refractivity contribution in [1.29, 1.82) is 0 Å². The molecule has 3 aliphatic carbocycles. The van der Waals surface area contributed by atoms with E-state index in [9.17, 15) is 10.2 Å². The molecule has 5 atom stereocenters. The topological polar surface area (TPSA) is 40.5 Å². The Morgan fingerprint density at radius 1 is 0.667 bits per heavy atom. The van der Waals surface area contributed by atoms with Gasteiger partial charge in [-0.3, -0.25) is 0 Å². The maximum absolute atomic E-state index is 10.8. The largest absolute Gasteiger partial charge is 0.393 e. The summed E-state index contributed by atoms with van der Waals surface area (Å²) >= 11 is 0. The summed E-state index contributed by atoms with van der Waals surface area (Å²) in [4.78, 5) is 0. The molecule has 0 radical (unpaired) electrons. The minimum Gasteiger partial charge on any atom is -0.393 e. The molecule has 3 aliphatic rings. The molecule has 0 amide bonds. The highest BCUT2D eigenvalue weighted by atomic mass is 16.3. The van der Waals surface area contributed by atoms with Gasteiger partial charge in [0.05, 0.1) is 12.2 Å². The Morgan fingerprint density at radius 3 is 2.14 bits per heavy atom. The van der Waals surface area contributed by atoms with Crippen LogP contribution in [-0.4, -0.2) is 22.4 Å². The second-order valence-corrected chi connectivity index (χ2v) is 8.07. The lowest BCUT2D eigenvalue weighted by molar-refractivity contribution is -0.0358. The van der Waals surface area contributed by atoms with E-state index in [1.807, 2.05) is 0 Å². The van der Waals surface area contributed by atoms with Crippen molar-refractivity contribution in [2.45, 2.75) is 95.7 Å². The highest BCUT2D eigenvalue weighted by Gasteiger charge is 2.39. The van der Waals surface area contributed by atoms with Crippen molar-refractivity contribution in [3.8, 4) is 0 Å². The minimum atomic E-state index is -0.260. The molecule has 2 heteroatoms. The number of fused-ring (bicyclic) bond motifs is 1. The molecule has 3 rings (SSSR count). The number of hydrogen-bond donors (Lipinski definition) is 2. The summed E-state index contributed by atoms with van der Waals surface area (Å²) in [6.45, 7) is 0. The average Bonchev–Trinajstić information content (AvgIpc) is 2.55. The van der Waals surface area contributed by atoms with Crippen LogP contribution >= 0.6 is 0 Å². The molecule has 3 saturated carbocycles. The predicted octanol–water partition coefficient (Wildman–Crippen LogP) is 4.29. The van der Waals surface area contributed by atoms with E-state index >= 15 is 0 Å². The van der Waals surface area contributed by atoms with Crippen molar-refractivity contribution >= 4 is 0 Å². The third kappa shape index (κ3) is 3.82. The van der Waals surface area contributed by atoms with Gasteiger partial charge in [0.1, 0.15) is 0 Å². The van der Waals surface area contributed by atoms with Crippen LogP contribution in [0.15, 0.2) is 0 Å². The molecule has 0 aromatic rings. The Bertz CT molecular complexity index is 309. The zero-order valence-electron chi connectivity index (χ0n) is 13.6. The molecular weight excluding hydrogens is 260 g/mol. The van der Waals surface area contributed by atoms with E-state index in [1.54, 1.807) is 0 Å². The van der Waals surface area contributed by atoms with E-state index < -0.39 is 0 Å². The summed E-state index contributed by atoms with van der Waals surface area (Å²) in [6.07, 6.45) is 15.7. The van der Waals surface area contributed by atoms with Gasteiger partial charge >= 0.3 is 0 Å². The van der Waals surface area contributed by atoms with E-state index in [-0.39, 0.29) is 12.2 Å². The highest BCUT2D eigenvalue weighted by molar-refractivity contribution is 4.89. The molecule has 0 saturated heterocycles. The van der Waals surface area contributed by atoms with Crippen LogP contribution in [0.4, 0.5) is 0 Å².